The number of carbonyl (C=O) groups excluding carboxylic acids is 2. The van der Waals surface area contributed by atoms with Crippen LogP contribution in [-0.4, -0.2) is 47.4 Å². The molecule has 2 atom stereocenters. The SMILES string of the molecule is CCCCCC/C=C\CCCCCCCC(=O)OCCCCCCCCCCCCCCCCCCCCCCCCCCC(=O)NC(CO)C(O)/C=C/CCCCCCCCCCCCCCCCCCCCCC. The highest BCUT2D eigenvalue weighted by molar-refractivity contribution is 5.76. The van der Waals surface area contributed by atoms with E-state index in [1.807, 2.05) is 6.08 Å². The van der Waals surface area contributed by atoms with E-state index >= 15 is 0 Å². The fourth-order valence-electron chi connectivity index (χ4n) is 10.9. The fraction of sp³-hybridized carbons (Fsp3) is 0.914. The minimum absolute atomic E-state index is 0.00639. The molecule has 0 heterocycles. The second kappa shape index (κ2) is 65.9. The molecule has 0 spiro atoms. The van der Waals surface area contributed by atoms with Crippen LogP contribution < -0.4 is 5.32 Å². The van der Waals surface area contributed by atoms with Crippen LogP contribution >= 0.6 is 0 Å². The van der Waals surface area contributed by atoms with Crippen molar-refractivity contribution in [1.82, 2.24) is 5.32 Å². The third kappa shape index (κ3) is 61.6. The molecule has 0 fully saturated rings. The zero-order valence-corrected chi connectivity index (χ0v) is 51.5. The molecule has 0 bridgehead atoms. The quantitative estimate of drug-likeness (QED) is 0.0320. The summed E-state index contributed by atoms with van der Waals surface area (Å²) in [5, 5.41) is 23.3. The van der Waals surface area contributed by atoms with Crippen LogP contribution in [-0.2, 0) is 14.3 Å². The predicted octanol–water partition coefficient (Wildman–Crippen LogP) is 22.1. The number of unbranched alkanes of at least 4 members (excludes halogenated alkanes) is 52. The maximum absolute atomic E-state index is 12.5. The first-order valence-electron chi connectivity index (χ1n) is 34.6. The van der Waals surface area contributed by atoms with E-state index in [4.69, 9.17) is 4.74 Å². The maximum Gasteiger partial charge on any atom is 0.305 e. The highest BCUT2D eigenvalue weighted by Gasteiger charge is 2.18. The minimum Gasteiger partial charge on any atom is -0.466 e. The monoisotopic (exact) mass is 1070 g/mol. The lowest BCUT2D eigenvalue weighted by Crippen LogP contribution is -2.45. The first kappa shape index (κ1) is 74.3. The van der Waals surface area contributed by atoms with Crippen molar-refractivity contribution in [1.29, 1.82) is 0 Å². The second-order valence-corrected chi connectivity index (χ2v) is 23.9. The van der Waals surface area contributed by atoms with Crippen LogP contribution in [0.25, 0.3) is 0 Å². The average molecular weight is 1070 g/mol. The van der Waals surface area contributed by atoms with Crippen molar-refractivity contribution in [2.45, 2.75) is 398 Å². The van der Waals surface area contributed by atoms with Crippen molar-refractivity contribution in [2.75, 3.05) is 13.2 Å². The molecule has 1 amide bonds. The maximum atomic E-state index is 12.5. The van der Waals surface area contributed by atoms with Gasteiger partial charge in [-0.3, -0.25) is 9.59 Å². The molecule has 0 aliphatic carbocycles. The number of carbonyl (C=O) groups is 2. The fourth-order valence-corrected chi connectivity index (χ4v) is 10.9. The van der Waals surface area contributed by atoms with Crippen molar-refractivity contribution in [2.24, 2.45) is 0 Å². The Morgan fingerprint density at radius 3 is 0.947 bits per heavy atom. The van der Waals surface area contributed by atoms with Gasteiger partial charge in [0.1, 0.15) is 0 Å². The third-order valence-electron chi connectivity index (χ3n) is 16.2. The van der Waals surface area contributed by atoms with E-state index in [9.17, 15) is 19.8 Å². The molecular formula is C70H135NO5. The lowest BCUT2D eigenvalue weighted by atomic mass is 10.0. The molecule has 6 nitrogen and oxygen atoms in total. The number of nitrogens with one attached hydrogen (secondary N) is 1. The third-order valence-corrected chi connectivity index (χ3v) is 16.2. The first-order chi connectivity index (χ1) is 37.5. The number of amides is 1. The normalized spacial score (nSPS) is 12.6. The largest absolute Gasteiger partial charge is 0.466 e. The summed E-state index contributed by atoms with van der Waals surface area (Å²) in [4.78, 5) is 24.6. The van der Waals surface area contributed by atoms with Crippen LogP contribution in [0.1, 0.15) is 386 Å². The van der Waals surface area contributed by atoms with Gasteiger partial charge >= 0.3 is 5.97 Å². The molecule has 0 saturated heterocycles. The highest BCUT2D eigenvalue weighted by atomic mass is 16.5. The summed E-state index contributed by atoms with van der Waals surface area (Å²) in [6, 6.07) is -0.628. The van der Waals surface area contributed by atoms with E-state index < -0.39 is 12.1 Å². The Morgan fingerprint density at radius 2 is 0.618 bits per heavy atom. The summed E-state index contributed by atoms with van der Waals surface area (Å²) >= 11 is 0. The van der Waals surface area contributed by atoms with Gasteiger partial charge in [-0.2, -0.15) is 0 Å². The Hall–Kier alpha value is -1.66. The van der Waals surface area contributed by atoms with Crippen molar-refractivity contribution in [3.63, 3.8) is 0 Å². The van der Waals surface area contributed by atoms with Crippen LogP contribution in [0.3, 0.4) is 0 Å². The van der Waals surface area contributed by atoms with Gasteiger partial charge in [-0.05, 0) is 57.8 Å². The molecule has 6 heteroatoms. The summed E-state index contributed by atoms with van der Waals surface area (Å²) < 4.78 is 5.48. The van der Waals surface area contributed by atoms with Gasteiger partial charge in [-0.25, -0.2) is 0 Å². The average Bonchev–Trinajstić information content (AvgIpc) is 3.42. The van der Waals surface area contributed by atoms with E-state index in [1.54, 1.807) is 6.08 Å². The molecule has 0 aromatic heterocycles. The Balaban J connectivity index is 3.40. The van der Waals surface area contributed by atoms with Gasteiger partial charge in [0.2, 0.25) is 5.91 Å². The van der Waals surface area contributed by atoms with Gasteiger partial charge in [-0.1, -0.05) is 340 Å². The number of hydrogen-bond donors (Lipinski definition) is 3. The molecule has 0 aromatic rings. The van der Waals surface area contributed by atoms with E-state index in [1.165, 1.54) is 315 Å². The molecule has 0 aliphatic rings. The lowest BCUT2D eigenvalue weighted by molar-refractivity contribution is -0.143. The number of hydrogen-bond acceptors (Lipinski definition) is 5. The molecule has 76 heavy (non-hydrogen) atoms. The number of aliphatic hydroxyl groups excluding tert-OH is 2. The van der Waals surface area contributed by atoms with Crippen molar-refractivity contribution in [3.8, 4) is 0 Å². The molecule has 0 saturated carbocycles. The van der Waals surface area contributed by atoms with E-state index in [0.29, 0.717) is 19.4 Å². The van der Waals surface area contributed by atoms with Crippen molar-refractivity contribution < 1.29 is 24.5 Å². The van der Waals surface area contributed by atoms with E-state index in [-0.39, 0.29) is 18.5 Å². The molecule has 2 unspecified atom stereocenters. The Bertz CT molecular complexity index is 1190. The van der Waals surface area contributed by atoms with Gasteiger partial charge in [0, 0.05) is 12.8 Å². The summed E-state index contributed by atoms with van der Waals surface area (Å²) in [6.45, 7) is 4.92. The predicted molar refractivity (Wildman–Crippen MR) is 333 cm³/mol. The van der Waals surface area contributed by atoms with E-state index in [2.05, 4.69) is 31.3 Å². The van der Waals surface area contributed by atoms with Gasteiger partial charge in [0.15, 0.2) is 0 Å². The summed E-state index contributed by atoms with van der Waals surface area (Å²) in [5.41, 5.74) is 0. The summed E-state index contributed by atoms with van der Waals surface area (Å²) in [7, 11) is 0. The summed E-state index contributed by atoms with van der Waals surface area (Å²) in [5.74, 6) is -0.0564. The molecule has 0 aromatic carbocycles. The van der Waals surface area contributed by atoms with Crippen LogP contribution in [0.5, 0.6) is 0 Å². The zero-order chi connectivity index (χ0) is 55.0. The Labute approximate surface area is 475 Å². The highest BCUT2D eigenvalue weighted by Crippen LogP contribution is 2.19. The van der Waals surface area contributed by atoms with Gasteiger partial charge in [0.05, 0.1) is 25.4 Å². The molecule has 450 valence electrons. The van der Waals surface area contributed by atoms with Crippen molar-refractivity contribution in [3.05, 3.63) is 24.3 Å². The van der Waals surface area contributed by atoms with Gasteiger partial charge in [0.25, 0.3) is 0 Å². The smallest absolute Gasteiger partial charge is 0.305 e. The van der Waals surface area contributed by atoms with Gasteiger partial charge < -0.3 is 20.3 Å². The topological polar surface area (TPSA) is 95.9 Å². The van der Waals surface area contributed by atoms with E-state index in [0.717, 1.165) is 44.9 Å². The standard InChI is InChI=1S/C70H135NO5/c1-3-5-7-9-11-13-15-17-18-19-20-21-26-29-32-35-39-42-46-50-54-58-62-68(73)67(66-72)71-69(74)63-59-55-51-47-43-40-36-33-30-27-24-22-23-25-28-31-34-37-41-45-49-53-57-61-65-76-70(75)64-60-56-52-48-44-38-16-14-12-10-8-6-4-2/h14,16,58,62,67-68,72-73H,3-13,15,17-57,59-61,63-66H2,1-2H3,(H,71,74)/b16-14-,62-58+. The zero-order valence-electron chi connectivity index (χ0n) is 51.5. The van der Waals surface area contributed by atoms with Crippen LogP contribution in [0.15, 0.2) is 24.3 Å². The number of ether oxygens (including phenoxy) is 1. The van der Waals surface area contributed by atoms with Crippen molar-refractivity contribution >= 4 is 11.9 Å². The van der Waals surface area contributed by atoms with Crippen LogP contribution in [0.2, 0.25) is 0 Å². The van der Waals surface area contributed by atoms with Gasteiger partial charge in [-0.15, -0.1) is 0 Å². The van der Waals surface area contributed by atoms with Crippen LogP contribution in [0.4, 0.5) is 0 Å². The minimum atomic E-state index is -0.845. The number of aliphatic hydroxyl groups is 2. The second-order valence-electron chi connectivity index (χ2n) is 23.9. The molecule has 3 N–H and O–H groups in total. The van der Waals surface area contributed by atoms with Crippen LogP contribution in [0, 0.1) is 0 Å². The Kier molecular flexibility index (Phi) is 64.4. The lowest BCUT2D eigenvalue weighted by Gasteiger charge is -2.20. The number of esters is 1. The summed E-state index contributed by atoms with van der Waals surface area (Å²) in [6.07, 6.45) is 82.5. The molecule has 0 aliphatic heterocycles. The number of rotatable bonds is 65. The molecule has 0 radical (unpaired) electrons. The molecule has 0 rings (SSSR count). The molecular weight excluding hydrogens is 935 g/mol. The Morgan fingerprint density at radius 1 is 0.355 bits per heavy atom. The number of allylic oxidation sites excluding steroid dienone is 3. The first-order valence-corrected chi connectivity index (χ1v) is 34.6.